The lowest BCUT2D eigenvalue weighted by molar-refractivity contribution is -0.151. The van der Waals surface area contributed by atoms with E-state index < -0.39 is 35.0 Å². The van der Waals surface area contributed by atoms with Crippen molar-refractivity contribution in [3.05, 3.63) is 34.9 Å². The van der Waals surface area contributed by atoms with Gasteiger partial charge in [-0.25, -0.2) is 4.79 Å². The zero-order valence-electron chi connectivity index (χ0n) is 28.0. The smallest absolute Gasteiger partial charge is 0.330 e. The Labute approximate surface area is 262 Å². The van der Waals surface area contributed by atoms with E-state index >= 15 is 0 Å². The molecule has 9 heteroatoms. The van der Waals surface area contributed by atoms with Crippen molar-refractivity contribution < 1.29 is 43.6 Å². The average Bonchev–Trinajstić information content (AvgIpc) is 3.22. The monoisotopic (exact) mass is 616 g/mol. The van der Waals surface area contributed by atoms with Crippen molar-refractivity contribution in [3.63, 3.8) is 0 Å². The number of carboxylic acids is 1. The lowest BCUT2D eigenvalue weighted by Crippen LogP contribution is -2.54. The van der Waals surface area contributed by atoms with Gasteiger partial charge in [0.2, 0.25) is 0 Å². The van der Waals surface area contributed by atoms with E-state index in [0.717, 1.165) is 18.4 Å². The summed E-state index contributed by atoms with van der Waals surface area (Å²) in [4.78, 5) is 48.1. The minimum Gasteiger partial charge on any atom is -0.478 e. The van der Waals surface area contributed by atoms with Crippen LogP contribution in [-0.2, 0) is 33.4 Å². The van der Waals surface area contributed by atoms with Gasteiger partial charge in [-0.3, -0.25) is 14.4 Å². The van der Waals surface area contributed by atoms with Crippen molar-refractivity contribution in [1.29, 1.82) is 0 Å². The van der Waals surface area contributed by atoms with E-state index in [1.165, 1.54) is 33.5 Å². The Morgan fingerprint density at radius 3 is 2.30 bits per heavy atom. The summed E-state index contributed by atoms with van der Waals surface area (Å²) in [7, 11) is 1.36. The summed E-state index contributed by atoms with van der Waals surface area (Å²) in [5, 5.41) is 20.8. The third kappa shape index (κ3) is 6.68. The number of esters is 3. The zero-order valence-corrected chi connectivity index (χ0v) is 28.0. The van der Waals surface area contributed by atoms with Crippen molar-refractivity contribution in [1.82, 2.24) is 0 Å². The van der Waals surface area contributed by atoms with Gasteiger partial charge in [0.05, 0.1) is 12.7 Å². The zero-order chi connectivity index (χ0) is 33.3. The number of rotatable bonds is 12. The summed E-state index contributed by atoms with van der Waals surface area (Å²) >= 11 is 0. The van der Waals surface area contributed by atoms with E-state index in [-0.39, 0.29) is 53.2 Å². The number of methoxy groups -OCH3 is 1. The highest BCUT2D eigenvalue weighted by Gasteiger charge is 2.63. The Hall–Kier alpha value is -2.94. The molecular weight excluding hydrogens is 564 g/mol. The number of carbonyl (C=O) groups is 4. The second-order valence-corrected chi connectivity index (χ2v) is 14.2. The summed E-state index contributed by atoms with van der Waals surface area (Å²) in [6.45, 7) is 14.6. The van der Waals surface area contributed by atoms with E-state index in [0.29, 0.717) is 25.7 Å². The van der Waals surface area contributed by atoms with Crippen molar-refractivity contribution in [2.75, 3.05) is 13.7 Å². The number of carbonyl (C=O) groups excluding carboxylic acids is 3. The average molecular weight is 617 g/mol. The highest BCUT2D eigenvalue weighted by Crippen LogP contribution is 2.70. The first-order valence-corrected chi connectivity index (χ1v) is 15.8. The van der Waals surface area contributed by atoms with Crippen LogP contribution in [0.5, 0.6) is 0 Å². The summed E-state index contributed by atoms with van der Waals surface area (Å²) in [6, 6.07) is 0. The maximum atomic E-state index is 12.4. The number of carboxylic acid groups (broad SMARTS) is 1. The van der Waals surface area contributed by atoms with Gasteiger partial charge in [-0.15, -0.1) is 0 Å². The molecule has 0 heterocycles. The number of aliphatic hydroxyl groups is 1. The summed E-state index contributed by atoms with van der Waals surface area (Å²) in [6.07, 6.45) is 9.46. The standard InChI is InChI=1S/C35H52O9/c1-21(31(39)40)10-12-28(44-24(4)37)22(2)25-14-17-34(8)26-11-13-29(32(5,6)41)35(20-43-23(3)36,19-16-30(38)42-9)27(26)15-18-33(25,34)7/h10-11,15,22,25,28-29,41H,12-14,16-20H2,1-9H3,(H,39,40)/b21-10-/t22-,25+,28+,29-,33+,34-,35-/m0/s1. The Kier molecular flexibility index (Phi) is 10.7. The van der Waals surface area contributed by atoms with Gasteiger partial charge in [0.15, 0.2) is 0 Å². The molecule has 44 heavy (non-hydrogen) atoms. The Morgan fingerprint density at radius 1 is 1.09 bits per heavy atom. The molecular formula is C35H52O9. The maximum Gasteiger partial charge on any atom is 0.330 e. The maximum absolute atomic E-state index is 12.4. The van der Waals surface area contributed by atoms with Crippen LogP contribution in [0.3, 0.4) is 0 Å². The second kappa shape index (κ2) is 13.2. The largest absolute Gasteiger partial charge is 0.478 e. The van der Waals surface area contributed by atoms with E-state index in [1.54, 1.807) is 19.9 Å². The topological polar surface area (TPSA) is 136 Å². The molecule has 3 aliphatic rings. The number of fused-ring (bicyclic) bond motifs is 3. The molecule has 0 radical (unpaired) electrons. The Balaban J connectivity index is 2.11. The van der Waals surface area contributed by atoms with Crippen LogP contribution in [0.15, 0.2) is 34.9 Å². The van der Waals surface area contributed by atoms with Gasteiger partial charge in [-0.05, 0) is 86.7 Å². The lowest BCUT2D eigenvalue weighted by Gasteiger charge is -2.58. The van der Waals surface area contributed by atoms with Crippen LogP contribution in [0.4, 0.5) is 0 Å². The molecule has 0 amide bonds. The first-order valence-electron chi connectivity index (χ1n) is 15.8. The molecule has 2 N–H and O–H groups in total. The highest BCUT2D eigenvalue weighted by atomic mass is 16.5. The summed E-state index contributed by atoms with van der Waals surface area (Å²) in [5.41, 5.74) is 0.00740. The van der Waals surface area contributed by atoms with Crippen LogP contribution in [0.2, 0.25) is 0 Å². The lowest BCUT2D eigenvalue weighted by atomic mass is 9.47. The van der Waals surface area contributed by atoms with E-state index in [2.05, 4.69) is 32.9 Å². The van der Waals surface area contributed by atoms with Crippen LogP contribution in [0.1, 0.15) is 100 Å². The van der Waals surface area contributed by atoms with E-state index in [9.17, 15) is 29.4 Å². The van der Waals surface area contributed by atoms with Crippen LogP contribution in [0.25, 0.3) is 0 Å². The van der Waals surface area contributed by atoms with Crippen LogP contribution >= 0.6 is 0 Å². The van der Waals surface area contributed by atoms with Gasteiger partial charge in [0, 0.05) is 43.6 Å². The first kappa shape index (κ1) is 35.5. The van der Waals surface area contributed by atoms with Crippen LogP contribution in [0, 0.1) is 34.0 Å². The van der Waals surface area contributed by atoms with Gasteiger partial charge >= 0.3 is 23.9 Å². The molecule has 0 spiro atoms. The van der Waals surface area contributed by atoms with Crippen molar-refractivity contribution in [3.8, 4) is 0 Å². The van der Waals surface area contributed by atoms with Crippen LogP contribution < -0.4 is 0 Å². The summed E-state index contributed by atoms with van der Waals surface area (Å²) < 4.78 is 16.5. The van der Waals surface area contributed by atoms with Gasteiger partial charge in [-0.1, -0.05) is 39.0 Å². The molecule has 0 bridgehead atoms. The molecule has 3 rings (SSSR count). The number of aliphatic carboxylic acids is 1. The molecule has 7 atom stereocenters. The SMILES string of the molecule is COC(=O)CC[C@]1(COC(C)=O)C2=CC[C@]3(C)[C@@H]([C@H](C)[C@@H](C/C=C(/C)C(=O)O)OC(C)=O)CC[C@@]3(C)C2=CC[C@H]1C(C)(C)O. The molecule has 0 unspecified atom stereocenters. The minimum absolute atomic E-state index is 0.0445. The van der Waals surface area contributed by atoms with Gasteiger partial charge in [0.25, 0.3) is 0 Å². The fourth-order valence-corrected chi connectivity index (χ4v) is 8.70. The number of hydrogen-bond donors (Lipinski definition) is 2. The Bertz CT molecular complexity index is 1240. The predicted molar refractivity (Wildman–Crippen MR) is 165 cm³/mol. The Morgan fingerprint density at radius 2 is 1.75 bits per heavy atom. The molecule has 0 aromatic rings. The quantitative estimate of drug-likeness (QED) is 0.155. The molecule has 1 fully saturated rings. The predicted octanol–water partition coefficient (Wildman–Crippen LogP) is 5.95. The molecule has 0 saturated heterocycles. The van der Waals surface area contributed by atoms with E-state index in [1.807, 2.05) is 0 Å². The first-order chi connectivity index (χ1) is 20.3. The van der Waals surface area contributed by atoms with Crippen molar-refractivity contribution in [2.24, 2.45) is 34.0 Å². The van der Waals surface area contributed by atoms with Crippen molar-refractivity contribution in [2.45, 2.75) is 112 Å². The molecule has 9 nitrogen and oxygen atoms in total. The van der Waals surface area contributed by atoms with Gasteiger partial charge in [0.1, 0.15) is 12.7 Å². The van der Waals surface area contributed by atoms with E-state index in [4.69, 9.17) is 14.2 Å². The minimum atomic E-state index is -1.12. The van der Waals surface area contributed by atoms with Crippen molar-refractivity contribution >= 4 is 23.9 Å². The fourth-order valence-electron chi connectivity index (χ4n) is 8.70. The third-order valence-corrected chi connectivity index (χ3v) is 11.3. The molecule has 246 valence electrons. The van der Waals surface area contributed by atoms with Gasteiger partial charge < -0.3 is 24.4 Å². The van der Waals surface area contributed by atoms with Crippen LogP contribution in [-0.4, -0.2) is 59.5 Å². The highest BCUT2D eigenvalue weighted by molar-refractivity contribution is 5.85. The number of ether oxygens (including phenoxy) is 3. The molecule has 0 aliphatic heterocycles. The molecule has 1 saturated carbocycles. The third-order valence-electron chi connectivity index (χ3n) is 11.3. The normalized spacial score (nSPS) is 31.5. The van der Waals surface area contributed by atoms with Gasteiger partial charge in [-0.2, -0.15) is 0 Å². The molecule has 0 aromatic carbocycles. The molecule has 0 aromatic heterocycles. The number of allylic oxidation sites excluding steroid dienone is 3. The fraction of sp³-hybridized carbons (Fsp3) is 0.714. The number of hydrogen-bond acceptors (Lipinski definition) is 8. The molecule has 3 aliphatic carbocycles. The summed E-state index contributed by atoms with van der Waals surface area (Å²) in [5.74, 6) is -2.36. The second-order valence-electron chi connectivity index (χ2n) is 14.2.